The van der Waals surface area contributed by atoms with Crippen molar-refractivity contribution in [2.75, 3.05) is 12.3 Å². The Morgan fingerprint density at radius 2 is 2.12 bits per heavy atom. The van der Waals surface area contributed by atoms with Gasteiger partial charge in [0.05, 0.1) is 5.69 Å². The third-order valence-electron chi connectivity index (χ3n) is 2.36. The van der Waals surface area contributed by atoms with Crippen molar-refractivity contribution in [3.05, 3.63) is 46.8 Å². The van der Waals surface area contributed by atoms with Crippen LogP contribution in [0.1, 0.15) is 0 Å². The maximum absolute atomic E-state index is 8.19. The number of benzene rings is 1. The third-order valence-corrected chi connectivity index (χ3v) is 2.36. The molecule has 0 spiro atoms. The number of anilines is 1. The third kappa shape index (κ3) is 2.56. The molecule has 1 aromatic carbocycles. The van der Waals surface area contributed by atoms with Gasteiger partial charge in [-0.2, -0.15) is 5.10 Å². The summed E-state index contributed by atoms with van der Waals surface area (Å²) in [5, 5.41) is 7.81. The molecule has 2 rings (SSSR count). The van der Waals surface area contributed by atoms with Gasteiger partial charge in [0.25, 0.3) is 0 Å². The molecule has 0 radical (unpaired) electrons. The van der Waals surface area contributed by atoms with Crippen LogP contribution in [0.4, 0.5) is 5.82 Å². The van der Waals surface area contributed by atoms with Crippen LogP contribution in [0.2, 0.25) is 0 Å². The Morgan fingerprint density at radius 1 is 1.35 bits per heavy atom. The van der Waals surface area contributed by atoms with Gasteiger partial charge in [0.1, 0.15) is 5.82 Å². The Hall–Kier alpha value is -2.46. The Labute approximate surface area is 98.3 Å². The molecule has 0 bridgehead atoms. The molecular formula is C11H12N6. The van der Waals surface area contributed by atoms with Gasteiger partial charge >= 0.3 is 0 Å². The van der Waals surface area contributed by atoms with Gasteiger partial charge in [-0.25, -0.2) is 4.68 Å². The summed E-state index contributed by atoms with van der Waals surface area (Å²) in [6, 6.07) is 11.6. The van der Waals surface area contributed by atoms with Crippen molar-refractivity contribution in [1.29, 1.82) is 0 Å². The van der Waals surface area contributed by atoms with Crippen molar-refractivity contribution in [3.8, 4) is 11.3 Å². The molecule has 0 saturated carbocycles. The Kier molecular flexibility index (Phi) is 3.28. The first-order chi connectivity index (χ1) is 8.31. The zero-order chi connectivity index (χ0) is 12.1. The molecule has 0 saturated heterocycles. The fraction of sp³-hybridized carbons (Fsp3) is 0.182. The number of nitrogen functional groups attached to an aromatic ring is 1. The molecule has 0 fully saturated rings. The second-order valence-corrected chi connectivity index (χ2v) is 3.50. The fourth-order valence-corrected chi connectivity index (χ4v) is 1.54. The van der Waals surface area contributed by atoms with Crippen LogP contribution in [-0.4, -0.2) is 16.3 Å². The van der Waals surface area contributed by atoms with Gasteiger partial charge in [-0.05, 0) is 5.53 Å². The fourth-order valence-electron chi connectivity index (χ4n) is 1.54. The Bertz CT molecular complexity index is 538. The second-order valence-electron chi connectivity index (χ2n) is 3.50. The molecule has 1 heterocycles. The molecule has 6 heteroatoms. The molecule has 86 valence electrons. The topological polar surface area (TPSA) is 92.6 Å². The van der Waals surface area contributed by atoms with Gasteiger partial charge in [-0.15, -0.1) is 0 Å². The van der Waals surface area contributed by atoms with Crippen molar-refractivity contribution in [1.82, 2.24) is 9.78 Å². The molecule has 0 aliphatic rings. The summed E-state index contributed by atoms with van der Waals surface area (Å²) in [4.78, 5) is 2.69. The first kappa shape index (κ1) is 11.0. The summed E-state index contributed by atoms with van der Waals surface area (Å²) >= 11 is 0. The van der Waals surface area contributed by atoms with Crippen LogP contribution < -0.4 is 5.73 Å². The summed E-state index contributed by atoms with van der Waals surface area (Å²) < 4.78 is 1.64. The van der Waals surface area contributed by atoms with E-state index in [0.29, 0.717) is 18.9 Å². The molecule has 6 nitrogen and oxygen atoms in total. The molecular weight excluding hydrogens is 216 g/mol. The molecule has 0 aliphatic carbocycles. The predicted octanol–water partition coefficient (Wildman–Crippen LogP) is 2.44. The normalized spacial score (nSPS) is 9.88. The van der Waals surface area contributed by atoms with Crippen molar-refractivity contribution in [2.24, 2.45) is 5.11 Å². The quantitative estimate of drug-likeness (QED) is 0.494. The summed E-state index contributed by atoms with van der Waals surface area (Å²) in [6.07, 6.45) is 0. The number of hydrogen-bond acceptors (Lipinski definition) is 3. The molecule has 2 N–H and O–H groups in total. The minimum absolute atomic E-state index is 0.344. The van der Waals surface area contributed by atoms with E-state index in [-0.39, 0.29) is 0 Å². The van der Waals surface area contributed by atoms with E-state index in [9.17, 15) is 0 Å². The van der Waals surface area contributed by atoms with Crippen LogP contribution in [0.15, 0.2) is 41.5 Å². The summed E-state index contributed by atoms with van der Waals surface area (Å²) in [7, 11) is 0. The molecule has 0 amide bonds. The zero-order valence-corrected chi connectivity index (χ0v) is 9.19. The van der Waals surface area contributed by atoms with Crippen LogP contribution in [0.5, 0.6) is 0 Å². The largest absolute Gasteiger partial charge is 0.384 e. The van der Waals surface area contributed by atoms with Gasteiger partial charge in [0.15, 0.2) is 0 Å². The van der Waals surface area contributed by atoms with E-state index < -0.39 is 0 Å². The number of nitrogens with zero attached hydrogens (tertiary/aromatic N) is 5. The highest BCUT2D eigenvalue weighted by Crippen LogP contribution is 2.19. The van der Waals surface area contributed by atoms with Gasteiger partial charge in [-0.3, -0.25) is 0 Å². The van der Waals surface area contributed by atoms with Crippen LogP contribution in [0, 0.1) is 0 Å². The van der Waals surface area contributed by atoms with Crippen LogP contribution in [0.3, 0.4) is 0 Å². The predicted molar refractivity (Wildman–Crippen MR) is 66.1 cm³/mol. The van der Waals surface area contributed by atoms with E-state index in [4.69, 9.17) is 11.3 Å². The number of aromatic nitrogens is 2. The Morgan fingerprint density at radius 3 is 2.82 bits per heavy atom. The smallest absolute Gasteiger partial charge is 0.122 e. The second kappa shape index (κ2) is 5.05. The van der Waals surface area contributed by atoms with Gasteiger partial charge in [0, 0.05) is 29.6 Å². The standard InChI is InChI=1S/C11H12N6/c12-11-8-10(9-4-2-1-3-5-9)15-17(11)7-6-14-16-13/h1-5,8H,6-7,12H2. The van der Waals surface area contributed by atoms with Crippen molar-refractivity contribution < 1.29 is 0 Å². The molecule has 2 aromatic rings. The van der Waals surface area contributed by atoms with Gasteiger partial charge < -0.3 is 5.73 Å². The summed E-state index contributed by atoms with van der Waals surface area (Å²) in [5.74, 6) is 0.567. The molecule has 17 heavy (non-hydrogen) atoms. The first-order valence-corrected chi connectivity index (χ1v) is 5.21. The maximum Gasteiger partial charge on any atom is 0.122 e. The van der Waals surface area contributed by atoms with E-state index in [0.717, 1.165) is 11.3 Å². The maximum atomic E-state index is 8.19. The van der Waals surface area contributed by atoms with E-state index in [1.165, 1.54) is 0 Å². The average molecular weight is 228 g/mol. The highest BCUT2D eigenvalue weighted by molar-refractivity contribution is 5.61. The van der Waals surface area contributed by atoms with Crippen LogP contribution in [-0.2, 0) is 6.54 Å². The van der Waals surface area contributed by atoms with Crippen molar-refractivity contribution in [2.45, 2.75) is 6.54 Å². The molecule has 0 aliphatic heterocycles. The SMILES string of the molecule is [N-]=[N+]=NCCn1nc(-c2ccccc2)cc1N. The van der Waals surface area contributed by atoms with Gasteiger partial charge in [-0.1, -0.05) is 35.4 Å². The van der Waals surface area contributed by atoms with Crippen LogP contribution >= 0.6 is 0 Å². The zero-order valence-electron chi connectivity index (χ0n) is 9.19. The average Bonchev–Trinajstić information content (AvgIpc) is 2.73. The number of nitrogens with two attached hydrogens (primary N) is 1. The van der Waals surface area contributed by atoms with Crippen molar-refractivity contribution in [3.63, 3.8) is 0 Å². The lowest BCUT2D eigenvalue weighted by molar-refractivity contribution is 0.634. The highest BCUT2D eigenvalue weighted by atomic mass is 15.3. The lowest BCUT2D eigenvalue weighted by atomic mass is 10.2. The number of rotatable bonds is 4. The number of azide groups is 1. The minimum Gasteiger partial charge on any atom is -0.384 e. The monoisotopic (exact) mass is 228 g/mol. The Balaban J connectivity index is 2.21. The van der Waals surface area contributed by atoms with E-state index in [1.807, 2.05) is 36.4 Å². The van der Waals surface area contributed by atoms with E-state index in [1.54, 1.807) is 4.68 Å². The minimum atomic E-state index is 0.344. The summed E-state index contributed by atoms with van der Waals surface area (Å²) in [6.45, 7) is 0.833. The molecule has 0 atom stereocenters. The lowest BCUT2D eigenvalue weighted by Crippen LogP contribution is -2.06. The highest BCUT2D eigenvalue weighted by Gasteiger charge is 2.05. The van der Waals surface area contributed by atoms with Gasteiger partial charge in [0.2, 0.25) is 0 Å². The molecule has 1 aromatic heterocycles. The van der Waals surface area contributed by atoms with Crippen LogP contribution in [0.25, 0.3) is 21.7 Å². The molecule has 0 unspecified atom stereocenters. The van der Waals surface area contributed by atoms with E-state index in [2.05, 4.69) is 15.1 Å². The lowest BCUT2D eigenvalue weighted by Gasteiger charge is -1.99. The number of hydrogen-bond donors (Lipinski definition) is 1. The summed E-state index contributed by atoms with van der Waals surface area (Å²) in [5.41, 5.74) is 15.9. The van der Waals surface area contributed by atoms with Crippen molar-refractivity contribution >= 4 is 5.82 Å². The first-order valence-electron chi connectivity index (χ1n) is 5.21. The van der Waals surface area contributed by atoms with E-state index >= 15 is 0 Å².